The third-order valence-electron chi connectivity index (χ3n) is 3.42. The van der Waals surface area contributed by atoms with E-state index in [4.69, 9.17) is 4.42 Å². The molecule has 0 amide bonds. The molecule has 0 bridgehead atoms. The number of likely N-dealkylation sites (N-methyl/N-ethyl adjacent to an activating group) is 1. The van der Waals surface area contributed by atoms with Gasteiger partial charge in [0.25, 0.3) is 0 Å². The minimum atomic E-state index is -0.192. The fourth-order valence-electron chi connectivity index (χ4n) is 2.12. The maximum Gasteiger partial charge on any atom is 0.237 e. The first kappa shape index (κ1) is 12.7. The molecule has 0 unspecified atom stereocenters. The van der Waals surface area contributed by atoms with Crippen molar-refractivity contribution >= 4 is 16.9 Å². The summed E-state index contributed by atoms with van der Waals surface area (Å²) in [5.74, 6) is 2.50. The zero-order valence-electron chi connectivity index (χ0n) is 11.3. The number of ketones is 1. The summed E-state index contributed by atoms with van der Waals surface area (Å²) in [4.78, 5) is 20.3. The number of oxazole rings is 1. The number of hydrogen-bond acceptors (Lipinski definition) is 5. The summed E-state index contributed by atoms with van der Waals surface area (Å²) < 4.78 is 5.19. The fourth-order valence-corrected chi connectivity index (χ4v) is 2.12. The lowest BCUT2D eigenvalue weighted by Crippen LogP contribution is -2.42. The molecule has 0 aliphatic carbocycles. The smallest absolute Gasteiger partial charge is 0.237 e. The van der Waals surface area contributed by atoms with E-state index in [9.17, 15) is 4.79 Å². The van der Waals surface area contributed by atoms with Gasteiger partial charge in [-0.2, -0.15) is 0 Å². The summed E-state index contributed by atoms with van der Waals surface area (Å²) in [6.07, 6.45) is 1.37. The molecule has 102 valence electrons. The monoisotopic (exact) mass is 269 g/mol. The Labute approximate surface area is 117 Å². The molecule has 2 heterocycles. The van der Waals surface area contributed by atoms with Crippen LogP contribution in [0.4, 0.5) is 0 Å². The molecule has 20 heavy (non-hydrogen) atoms. The van der Waals surface area contributed by atoms with Gasteiger partial charge in [-0.15, -0.1) is 0 Å². The summed E-state index contributed by atoms with van der Waals surface area (Å²) >= 11 is 0. The highest BCUT2D eigenvalue weighted by molar-refractivity contribution is 6.10. The summed E-state index contributed by atoms with van der Waals surface area (Å²) in [5, 5.41) is 0. The van der Waals surface area contributed by atoms with Crippen LogP contribution in [-0.2, 0) is 0 Å². The average Bonchev–Trinajstić information content (AvgIpc) is 2.93. The van der Waals surface area contributed by atoms with Crippen LogP contribution in [0.25, 0.3) is 11.1 Å². The van der Waals surface area contributed by atoms with Crippen molar-refractivity contribution in [1.82, 2.24) is 14.8 Å². The van der Waals surface area contributed by atoms with E-state index in [2.05, 4.69) is 28.9 Å². The molecule has 0 radical (unpaired) electrons. The Morgan fingerprint density at radius 2 is 2.10 bits per heavy atom. The molecule has 3 rings (SSSR count). The minimum Gasteiger partial charge on any atom is -0.443 e. The van der Waals surface area contributed by atoms with Crippen LogP contribution in [0.1, 0.15) is 10.4 Å². The largest absolute Gasteiger partial charge is 0.443 e. The van der Waals surface area contributed by atoms with Crippen molar-refractivity contribution in [1.29, 1.82) is 0 Å². The Balaban J connectivity index is 1.72. The lowest BCUT2D eigenvalue weighted by Gasteiger charge is -2.29. The van der Waals surface area contributed by atoms with E-state index in [1.54, 1.807) is 18.2 Å². The van der Waals surface area contributed by atoms with Gasteiger partial charge in [-0.05, 0) is 31.2 Å². The number of aromatic nitrogens is 1. The van der Waals surface area contributed by atoms with E-state index >= 15 is 0 Å². The lowest BCUT2D eigenvalue weighted by atomic mass is 10.1. The van der Waals surface area contributed by atoms with Crippen molar-refractivity contribution in [2.45, 2.75) is 0 Å². The first-order valence-corrected chi connectivity index (χ1v) is 6.55. The second-order valence-corrected chi connectivity index (χ2v) is 4.89. The van der Waals surface area contributed by atoms with Crippen molar-refractivity contribution in [2.75, 3.05) is 33.2 Å². The first-order chi connectivity index (χ1) is 9.72. The molecule has 0 spiro atoms. The van der Waals surface area contributed by atoms with Crippen LogP contribution in [0.2, 0.25) is 0 Å². The molecule has 5 nitrogen and oxygen atoms in total. The van der Waals surface area contributed by atoms with Gasteiger partial charge in [0, 0.05) is 37.8 Å². The average molecular weight is 269 g/mol. The topological polar surface area (TPSA) is 49.6 Å². The molecule has 1 fully saturated rings. The summed E-state index contributed by atoms with van der Waals surface area (Å²) in [6.45, 7) is 3.70. The first-order valence-electron chi connectivity index (χ1n) is 6.55. The molecular weight excluding hydrogens is 254 g/mol. The number of Topliss-reactive ketones (excluding diaryl/α,β-unsaturated/α-hetero) is 1. The maximum atomic E-state index is 12.0. The molecule has 0 N–H and O–H groups in total. The van der Waals surface area contributed by atoms with Crippen molar-refractivity contribution in [3.63, 3.8) is 0 Å². The molecule has 1 aliphatic rings. The van der Waals surface area contributed by atoms with E-state index in [0.717, 1.165) is 31.7 Å². The van der Waals surface area contributed by atoms with Gasteiger partial charge in [0.05, 0.1) is 0 Å². The zero-order chi connectivity index (χ0) is 13.9. The van der Waals surface area contributed by atoms with E-state index in [1.807, 2.05) is 4.90 Å². The number of piperazine rings is 1. The SMILES string of the molecule is CN1CCN(C#CC(=O)c2ccc3ncoc3c2)CC1. The number of carbonyl (C=O) groups excluding carboxylic acids is 1. The number of nitrogens with zero attached hydrogens (tertiary/aromatic N) is 3. The molecule has 5 heteroatoms. The minimum absolute atomic E-state index is 0.192. The molecule has 2 aromatic rings. The van der Waals surface area contributed by atoms with Gasteiger partial charge < -0.3 is 14.2 Å². The van der Waals surface area contributed by atoms with Gasteiger partial charge in [0.1, 0.15) is 5.52 Å². The van der Waals surface area contributed by atoms with E-state index in [1.165, 1.54) is 6.39 Å². The van der Waals surface area contributed by atoms with Crippen LogP contribution in [0, 0.1) is 12.0 Å². The molecule has 0 atom stereocenters. The molecular formula is C15H15N3O2. The Bertz CT molecular complexity index is 688. The lowest BCUT2D eigenvalue weighted by molar-refractivity contribution is 0.105. The predicted molar refractivity (Wildman–Crippen MR) is 75.2 cm³/mol. The predicted octanol–water partition coefficient (Wildman–Crippen LogP) is 1.22. The number of fused-ring (bicyclic) bond motifs is 1. The van der Waals surface area contributed by atoms with Crippen molar-refractivity contribution in [3.05, 3.63) is 30.2 Å². The zero-order valence-corrected chi connectivity index (χ0v) is 11.3. The van der Waals surface area contributed by atoms with Crippen LogP contribution in [-0.4, -0.2) is 53.8 Å². The van der Waals surface area contributed by atoms with Gasteiger partial charge in [-0.25, -0.2) is 4.98 Å². The Hall–Kier alpha value is -2.32. The van der Waals surface area contributed by atoms with Crippen LogP contribution in [0.5, 0.6) is 0 Å². The molecule has 0 saturated carbocycles. The second-order valence-electron chi connectivity index (χ2n) is 4.89. The standard InChI is InChI=1S/C15H15N3O2/c1-17-6-8-18(9-7-17)5-4-14(19)12-2-3-13-15(10-12)20-11-16-13/h2-3,10-11H,6-9H2,1H3. The van der Waals surface area contributed by atoms with Crippen molar-refractivity contribution in [2.24, 2.45) is 0 Å². The third kappa shape index (κ3) is 2.65. The van der Waals surface area contributed by atoms with Gasteiger partial charge >= 0.3 is 0 Å². The van der Waals surface area contributed by atoms with Crippen LogP contribution in [0.15, 0.2) is 29.0 Å². The van der Waals surface area contributed by atoms with Crippen molar-refractivity contribution < 1.29 is 9.21 Å². The second kappa shape index (κ2) is 5.35. The fraction of sp³-hybridized carbons (Fsp3) is 0.333. The highest BCUT2D eigenvalue weighted by atomic mass is 16.3. The third-order valence-corrected chi connectivity index (χ3v) is 3.42. The number of carbonyl (C=O) groups is 1. The molecule has 1 aromatic heterocycles. The quantitative estimate of drug-likeness (QED) is 0.575. The molecule has 1 aliphatic heterocycles. The van der Waals surface area contributed by atoms with Crippen LogP contribution >= 0.6 is 0 Å². The van der Waals surface area contributed by atoms with E-state index < -0.39 is 0 Å². The van der Waals surface area contributed by atoms with Crippen LogP contribution < -0.4 is 0 Å². The Morgan fingerprint density at radius 3 is 2.90 bits per heavy atom. The number of rotatable bonds is 1. The van der Waals surface area contributed by atoms with Crippen LogP contribution in [0.3, 0.4) is 0 Å². The maximum absolute atomic E-state index is 12.0. The van der Waals surface area contributed by atoms with Crippen molar-refractivity contribution in [3.8, 4) is 12.0 Å². The van der Waals surface area contributed by atoms with E-state index in [-0.39, 0.29) is 5.78 Å². The Morgan fingerprint density at radius 1 is 1.30 bits per heavy atom. The van der Waals surface area contributed by atoms with Gasteiger partial charge in [0.15, 0.2) is 12.0 Å². The number of benzene rings is 1. The molecule has 1 aromatic carbocycles. The summed E-state index contributed by atoms with van der Waals surface area (Å²) in [5.41, 5.74) is 1.89. The van der Waals surface area contributed by atoms with E-state index in [0.29, 0.717) is 11.1 Å². The summed E-state index contributed by atoms with van der Waals surface area (Å²) in [7, 11) is 2.09. The van der Waals surface area contributed by atoms with Gasteiger partial charge in [0.2, 0.25) is 5.78 Å². The van der Waals surface area contributed by atoms with Gasteiger partial charge in [-0.3, -0.25) is 4.79 Å². The highest BCUT2D eigenvalue weighted by Gasteiger charge is 2.11. The summed E-state index contributed by atoms with van der Waals surface area (Å²) in [6, 6.07) is 8.12. The Kier molecular flexibility index (Phi) is 3.40. The normalized spacial score (nSPS) is 15.9. The molecule has 1 saturated heterocycles. The number of hydrogen-bond donors (Lipinski definition) is 0. The highest BCUT2D eigenvalue weighted by Crippen LogP contribution is 2.14. The van der Waals surface area contributed by atoms with Gasteiger partial charge in [-0.1, -0.05) is 0 Å².